The van der Waals surface area contributed by atoms with Gasteiger partial charge in [0.15, 0.2) is 0 Å². The van der Waals surface area contributed by atoms with Gasteiger partial charge in [-0.2, -0.15) is 0 Å². The first kappa shape index (κ1) is 17.8. The van der Waals surface area contributed by atoms with Gasteiger partial charge in [0, 0.05) is 24.2 Å². The second-order valence-corrected chi connectivity index (χ2v) is 6.73. The number of piperidine rings is 1. The Morgan fingerprint density at radius 1 is 1.24 bits per heavy atom. The molecule has 5 heteroatoms. The summed E-state index contributed by atoms with van der Waals surface area (Å²) in [6.45, 7) is 1.93. The van der Waals surface area contributed by atoms with Crippen molar-refractivity contribution < 1.29 is 9.53 Å². The number of halogens is 1. The van der Waals surface area contributed by atoms with Crippen molar-refractivity contribution in [3.63, 3.8) is 0 Å². The maximum atomic E-state index is 12.9. The van der Waals surface area contributed by atoms with Crippen LogP contribution in [-0.4, -0.2) is 37.0 Å². The highest BCUT2D eigenvalue weighted by molar-refractivity contribution is 6.30. The molecule has 1 aliphatic heterocycles. The van der Waals surface area contributed by atoms with Crippen LogP contribution in [-0.2, 0) is 6.61 Å². The van der Waals surface area contributed by atoms with Gasteiger partial charge >= 0.3 is 0 Å². The minimum atomic E-state index is 0.0339. The predicted octanol–water partition coefficient (Wildman–Crippen LogP) is 3.74. The number of ether oxygens (including phenoxy) is 1. The molecule has 1 heterocycles. The molecule has 0 radical (unpaired) electrons. The number of benzene rings is 2. The number of carbonyl (C=O) groups excluding carboxylic acids is 1. The van der Waals surface area contributed by atoms with Gasteiger partial charge in [0.25, 0.3) is 5.91 Å². The zero-order valence-electron chi connectivity index (χ0n) is 14.4. The Labute approximate surface area is 153 Å². The smallest absolute Gasteiger partial charge is 0.257 e. The third-order valence-electron chi connectivity index (χ3n) is 4.54. The first-order valence-electron chi connectivity index (χ1n) is 8.60. The van der Waals surface area contributed by atoms with Gasteiger partial charge in [-0.05, 0) is 49.7 Å². The molecule has 0 spiro atoms. The first-order valence-corrected chi connectivity index (χ1v) is 8.98. The van der Waals surface area contributed by atoms with Crippen molar-refractivity contribution in [3.8, 4) is 5.75 Å². The molecule has 1 fully saturated rings. The number of carbonyl (C=O) groups is 1. The molecule has 2 aromatic carbocycles. The van der Waals surface area contributed by atoms with Gasteiger partial charge in [-0.3, -0.25) is 4.79 Å². The van der Waals surface area contributed by atoms with E-state index in [1.807, 2.05) is 60.5 Å². The average Bonchev–Trinajstić information content (AvgIpc) is 2.67. The van der Waals surface area contributed by atoms with Gasteiger partial charge in [0.1, 0.15) is 12.4 Å². The second kappa shape index (κ2) is 8.37. The summed E-state index contributed by atoms with van der Waals surface area (Å²) in [5.74, 6) is 0.653. The monoisotopic (exact) mass is 358 g/mol. The van der Waals surface area contributed by atoms with Crippen LogP contribution in [0, 0.1) is 0 Å². The Hall–Kier alpha value is -2.04. The standard InChI is InChI=1S/C20H23ClN2O2/c1-22-17-5-4-12-23(13-17)20(24)18-6-2-3-7-19(18)25-14-15-8-10-16(21)11-9-15/h2-3,6-11,17,22H,4-5,12-14H2,1H3. The molecule has 1 unspecified atom stereocenters. The van der Waals surface area contributed by atoms with Gasteiger partial charge < -0.3 is 15.0 Å². The summed E-state index contributed by atoms with van der Waals surface area (Å²) in [6.07, 6.45) is 2.13. The van der Waals surface area contributed by atoms with Crippen molar-refractivity contribution in [2.45, 2.75) is 25.5 Å². The van der Waals surface area contributed by atoms with Gasteiger partial charge in [-0.25, -0.2) is 0 Å². The average molecular weight is 359 g/mol. The van der Waals surface area contributed by atoms with Gasteiger partial charge in [0.2, 0.25) is 0 Å². The zero-order valence-corrected chi connectivity index (χ0v) is 15.1. The quantitative estimate of drug-likeness (QED) is 0.885. The molecule has 1 saturated heterocycles. The fraction of sp³-hybridized carbons (Fsp3) is 0.350. The van der Waals surface area contributed by atoms with Crippen LogP contribution in [0.4, 0.5) is 0 Å². The minimum Gasteiger partial charge on any atom is -0.488 e. The van der Waals surface area contributed by atoms with Crippen LogP contribution >= 0.6 is 11.6 Å². The van der Waals surface area contributed by atoms with Crippen LogP contribution in [0.15, 0.2) is 48.5 Å². The van der Waals surface area contributed by atoms with Crippen LogP contribution in [0.5, 0.6) is 5.75 Å². The highest BCUT2D eigenvalue weighted by Gasteiger charge is 2.25. The molecular formula is C20H23ClN2O2. The molecule has 4 nitrogen and oxygen atoms in total. The molecule has 0 aromatic heterocycles. The van der Waals surface area contributed by atoms with Gasteiger partial charge in [-0.1, -0.05) is 35.9 Å². The Bertz CT molecular complexity index is 718. The van der Waals surface area contributed by atoms with Crippen molar-refractivity contribution in [1.29, 1.82) is 0 Å². The van der Waals surface area contributed by atoms with E-state index in [4.69, 9.17) is 16.3 Å². The third-order valence-corrected chi connectivity index (χ3v) is 4.79. The molecule has 1 amide bonds. The first-order chi connectivity index (χ1) is 12.2. The SMILES string of the molecule is CNC1CCCN(C(=O)c2ccccc2OCc2ccc(Cl)cc2)C1. The fourth-order valence-electron chi connectivity index (χ4n) is 3.08. The lowest BCUT2D eigenvalue weighted by atomic mass is 10.0. The van der Waals surface area contributed by atoms with E-state index in [-0.39, 0.29) is 5.91 Å². The van der Waals surface area contributed by atoms with Crippen LogP contribution in [0.3, 0.4) is 0 Å². The van der Waals surface area contributed by atoms with Crippen molar-refractivity contribution in [3.05, 3.63) is 64.7 Å². The third kappa shape index (κ3) is 4.53. The van der Waals surface area contributed by atoms with Crippen molar-refractivity contribution in [2.75, 3.05) is 20.1 Å². The summed E-state index contributed by atoms with van der Waals surface area (Å²) < 4.78 is 5.92. The normalized spacial score (nSPS) is 17.4. The molecule has 1 atom stereocenters. The number of hydrogen-bond donors (Lipinski definition) is 1. The number of para-hydroxylation sites is 1. The molecule has 0 saturated carbocycles. The lowest BCUT2D eigenvalue weighted by Gasteiger charge is -2.33. The largest absolute Gasteiger partial charge is 0.488 e. The van der Waals surface area contributed by atoms with E-state index in [0.717, 1.165) is 31.5 Å². The number of amides is 1. The molecule has 1 N–H and O–H groups in total. The lowest BCUT2D eigenvalue weighted by molar-refractivity contribution is 0.0693. The number of hydrogen-bond acceptors (Lipinski definition) is 3. The van der Waals surface area contributed by atoms with E-state index in [0.29, 0.717) is 29.0 Å². The molecule has 0 aliphatic carbocycles. The van der Waals surface area contributed by atoms with E-state index < -0.39 is 0 Å². The highest BCUT2D eigenvalue weighted by atomic mass is 35.5. The summed E-state index contributed by atoms with van der Waals surface area (Å²) in [4.78, 5) is 14.9. The zero-order chi connectivity index (χ0) is 17.6. The molecule has 132 valence electrons. The van der Waals surface area contributed by atoms with Crippen LogP contribution in [0.2, 0.25) is 5.02 Å². The molecule has 0 bridgehead atoms. The van der Waals surface area contributed by atoms with Gasteiger partial charge in [-0.15, -0.1) is 0 Å². The maximum Gasteiger partial charge on any atom is 0.257 e. The Morgan fingerprint density at radius 3 is 2.76 bits per heavy atom. The number of nitrogens with zero attached hydrogens (tertiary/aromatic N) is 1. The molecule has 2 aromatic rings. The number of likely N-dealkylation sites (N-methyl/N-ethyl adjacent to an activating group) is 1. The van der Waals surface area contributed by atoms with Gasteiger partial charge in [0.05, 0.1) is 5.56 Å². The van der Waals surface area contributed by atoms with E-state index in [1.54, 1.807) is 0 Å². The summed E-state index contributed by atoms with van der Waals surface area (Å²) in [5.41, 5.74) is 1.63. The fourth-order valence-corrected chi connectivity index (χ4v) is 3.20. The van der Waals surface area contributed by atoms with E-state index >= 15 is 0 Å². The second-order valence-electron chi connectivity index (χ2n) is 6.29. The Kier molecular flexibility index (Phi) is 5.95. The topological polar surface area (TPSA) is 41.6 Å². The maximum absolute atomic E-state index is 12.9. The van der Waals surface area contributed by atoms with E-state index in [1.165, 1.54) is 0 Å². The predicted molar refractivity (Wildman–Crippen MR) is 100 cm³/mol. The van der Waals surface area contributed by atoms with Crippen LogP contribution < -0.4 is 10.1 Å². The highest BCUT2D eigenvalue weighted by Crippen LogP contribution is 2.23. The minimum absolute atomic E-state index is 0.0339. The lowest BCUT2D eigenvalue weighted by Crippen LogP contribution is -2.47. The molecular weight excluding hydrogens is 336 g/mol. The number of nitrogens with one attached hydrogen (secondary N) is 1. The Balaban J connectivity index is 1.71. The van der Waals surface area contributed by atoms with E-state index in [9.17, 15) is 4.79 Å². The van der Waals surface area contributed by atoms with Crippen molar-refractivity contribution in [1.82, 2.24) is 10.2 Å². The summed E-state index contributed by atoms with van der Waals surface area (Å²) in [6, 6.07) is 15.3. The molecule has 3 rings (SSSR count). The van der Waals surface area contributed by atoms with Crippen LogP contribution in [0.25, 0.3) is 0 Å². The number of likely N-dealkylation sites (tertiary alicyclic amines) is 1. The molecule has 1 aliphatic rings. The van der Waals surface area contributed by atoms with E-state index in [2.05, 4.69) is 5.32 Å². The Morgan fingerprint density at radius 2 is 2.00 bits per heavy atom. The van der Waals surface area contributed by atoms with Crippen LogP contribution in [0.1, 0.15) is 28.8 Å². The summed E-state index contributed by atoms with van der Waals surface area (Å²) >= 11 is 5.91. The summed E-state index contributed by atoms with van der Waals surface area (Å²) in [7, 11) is 1.95. The number of rotatable bonds is 5. The van der Waals surface area contributed by atoms with Crippen molar-refractivity contribution in [2.24, 2.45) is 0 Å². The summed E-state index contributed by atoms with van der Waals surface area (Å²) in [5, 5.41) is 3.97. The van der Waals surface area contributed by atoms with Crippen molar-refractivity contribution >= 4 is 17.5 Å². The molecule has 25 heavy (non-hydrogen) atoms.